The number of hydrogen-bond acceptors (Lipinski definition) is 4. The third-order valence-corrected chi connectivity index (χ3v) is 6.60. The number of carbonyl (C=O) groups excluding carboxylic acids is 2. The van der Waals surface area contributed by atoms with E-state index in [4.69, 9.17) is 4.74 Å². The van der Waals surface area contributed by atoms with E-state index >= 15 is 0 Å². The summed E-state index contributed by atoms with van der Waals surface area (Å²) in [6.07, 6.45) is 5.08. The number of amides is 2. The van der Waals surface area contributed by atoms with E-state index in [9.17, 15) is 9.59 Å². The Bertz CT molecular complexity index is 731. The van der Waals surface area contributed by atoms with E-state index in [0.29, 0.717) is 26.2 Å². The van der Waals surface area contributed by atoms with Crippen molar-refractivity contribution >= 4 is 11.8 Å². The van der Waals surface area contributed by atoms with E-state index in [1.54, 1.807) is 7.11 Å². The summed E-state index contributed by atoms with van der Waals surface area (Å²) >= 11 is 0. The van der Waals surface area contributed by atoms with E-state index in [2.05, 4.69) is 4.90 Å². The fourth-order valence-electron chi connectivity index (χ4n) is 4.99. The molecule has 3 aliphatic rings. The van der Waals surface area contributed by atoms with Crippen LogP contribution in [0.5, 0.6) is 5.75 Å². The topological polar surface area (TPSA) is 53.1 Å². The van der Waals surface area contributed by atoms with Gasteiger partial charge in [-0.2, -0.15) is 0 Å². The molecule has 1 aromatic carbocycles. The van der Waals surface area contributed by atoms with Gasteiger partial charge in [0.2, 0.25) is 11.8 Å². The number of nitrogens with zero attached hydrogens (tertiary/aromatic N) is 3. The van der Waals surface area contributed by atoms with Crippen molar-refractivity contribution in [2.24, 2.45) is 5.41 Å². The SMILES string of the molecule is COc1cccc(CN2CCC[C@]3(CCN(C(=O)CN4CCCC4)C3)C2=O)c1. The molecule has 2 amide bonds. The second-order valence-electron chi connectivity index (χ2n) is 8.51. The largest absolute Gasteiger partial charge is 0.497 e. The van der Waals surface area contributed by atoms with Crippen molar-refractivity contribution in [3.8, 4) is 5.75 Å². The van der Waals surface area contributed by atoms with Gasteiger partial charge in [-0.3, -0.25) is 14.5 Å². The smallest absolute Gasteiger partial charge is 0.236 e. The fourth-order valence-corrected chi connectivity index (χ4v) is 4.99. The highest BCUT2D eigenvalue weighted by Gasteiger charge is 2.49. The quantitative estimate of drug-likeness (QED) is 0.779. The summed E-state index contributed by atoms with van der Waals surface area (Å²) in [7, 11) is 1.66. The maximum Gasteiger partial charge on any atom is 0.236 e. The van der Waals surface area contributed by atoms with Crippen LogP contribution in [0.4, 0.5) is 0 Å². The first-order valence-corrected chi connectivity index (χ1v) is 10.5. The zero-order valence-electron chi connectivity index (χ0n) is 16.9. The molecule has 0 unspecified atom stereocenters. The second kappa shape index (κ2) is 8.11. The molecule has 0 saturated carbocycles. The van der Waals surface area contributed by atoms with Crippen LogP contribution in [-0.2, 0) is 16.1 Å². The maximum atomic E-state index is 13.4. The monoisotopic (exact) mass is 385 g/mol. The average molecular weight is 386 g/mol. The van der Waals surface area contributed by atoms with E-state index in [0.717, 1.165) is 50.2 Å². The Morgan fingerprint density at radius 3 is 2.71 bits per heavy atom. The molecule has 6 nitrogen and oxygen atoms in total. The Balaban J connectivity index is 1.40. The summed E-state index contributed by atoms with van der Waals surface area (Å²) in [6.45, 7) is 5.27. The lowest BCUT2D eigenvalue weighted by atomic mass is 9.78. The molecule has 1 aromatic rings. The van der Waals surface area contributed by atoms with E-state index < -0.39 is 0 Å². The Kier molecular flexibility index (Phi) is 5.58. The number of carbonyl (C=O) groups is 2. The Labute approximate surface area is 167 Å². The summed E-state index contributed by atoms with van der Waals surface area (Å²) < 4.78 is 5.31. The summed E-state index contributed by atoms with van der Waals surface area (Å²) in [5.74, 6) is 1.23. The Morgan fingerprint density at radius 2 is 1.93 bits per heavy atom. The van der Waals surface area contributed by atoms with Crippen molar-refractivity contribution < 1.29 is 14.3 Å². The lowest BCUT2D eigenvalue weighted by molar-refractivity contribution is -0.146. The first kappa shape index (κ1) is 19.2. The number of hydrogen-bond donors (Lipinski definition) is 0. The van der Waals surface area contributed by atoms with E-state index in [1.165, 1.54) is 12.8 Å². The minimum Gasteiger partial charge on any atom is -0.497 e. The van der Waals surface area contributed by atoms with Crippen molar-refractivity contribution in [3.05, 3.63) is 29.8 Å². The van der Waals surface area contributed by atoms with Gasteiger partial charge < -0.3 is 14.5 Å². The molecule has 0 aliphatic carbocycles. The molecule has 0 N–H and O–H groups in total. The lowest BCUT2D eigenvalue weighted by Crippen LogP contribution is -2.50. The molecule has 4 rings (SSSR count). The molecule has 0 aromatic heterocycles. The molecular formula is C22H31N3O3. The van der Waals surface area contributed by atoms with Crippen LogP contribution in [0.1, 0.15) is 37.7 Å². The highest BCUT2D eigenvalue weighted by molar-refractivity contribution is 5.86. The van der Waals surface area contributed by atoms with Gasteiger partial charge in [0.15, 0.2) is 0 Å². The van der Waals surface area contributed by atoms with Gasteiger partial charge in [0.1, 0.15) is 5.75 Å². The molecule has 3 heterocycles. The van der Waals surface area contributed by atoms with Crippen LogP contribution in [0.25, 0.3) is 0 Å². The molecule has 0 radical (unpaired) electrons. The van der Waals surface area contributed by atoms with E-state index in [-0.39, 0.29) is 17.2 Å². The van der Waals surface area contributed by atoms with Crippen molar-refractivity contribution in [2.75, 3.05) is 46.4 Å². The molecule has 3 saturated heterocycles. The van der Waals surface area contributed by atoms with Crippen LogP contribution < -0.4 is 4.74 Å². The first-order valence-electron chi connectivity index (χ1n) is 10.5. The van der Waals surface area contributed by atoms with Crippen LogP contribution in [-0.4, -0.2) is 72.9 Å². The van der Waals surface area contributed by atoms with Gasteiger partial charge in [0, 0.05) is 26.2 Å². The number of likely N-dealkylation sites (tertiary alicyclic amines) is 3. The lowest BCUT2D eigenvalue weighted by Gasteiger charge is -2.39. The molecule has 3 aliphatic heterocycles. The highest BCUT2D eigenvalue weighted by atomic mass is 16.5. The number of benzene rings is 1. The predicted molar refractivity (Wildman–Crippen MR) is 107 cm³/mol. The standard InChI is InChI=1S/C22H31N3O3/c1-28-19-7-4-6-18(14-19)15-24-12-5-8-22(21(24)27)9-13-25(17-22)20(26)16-23-10-2-3-11-23/h4,6-7,14H,2-3,5,8-13,15-17H2,1H3/t22-/m1/s1. The molecule has 0 bridgehead atoms. The second-order valence-corrected chi connectivity index (χ2v) is 8.51. The van der Waals surface area contributed by atoms with Gasteiger partial charge in [-0.25, -0.2) is 0 Å². The number of ether oxygens (including phenoxy) is 1. The molecular weight excluding hydrogens is 354 g/mol. The maximum absolute atomic E-state index is 13.4. The van der Waals surface area contributed by atoms with Crippen LogP contribution in [0.3, 0.4) is 0 Å². The van der Waals surface area contributed by atoms with Gasteiger partial charge in [0.05, 0.1) is 19.1 Å². The predicted octanol–water partition coefficient (Wildman–Crippen LogP) is 2.13. The van der Waals surface area contributed by atoms with Gasteiger partial charge in [-0.1, -0.05) is 12.1 Å². The van der Waals surface area contributed by atoms with Crippen LogP contribution in [0.15, 0.2) is 24.3 Å². The minimum absolute atomic E-state index is 0.191. The number of methoxy groups -OCH3 is 1. The first-order chi connectivity index (χ1) is 13.6. The highest BCUT2D eigenvalue weighted by Crippen LogP contribution is 2.40. The van der Waals surface area contributed by atoms with Crippen molar-refractivity contribution in [3.63, 3.8) is 0 Å². The molecule has 6 heteroatoms. The number of piperidine rings is 1. The van der Waals surface area contributed by atoms with Crippen molar-refractivity contribution in [1.82, 2.24) is 14.7 Å². The van der Waals surface area contributed by atoms with Crippen LogP contribution in [0.2, 0.25) is 0 Å². The minimum atomic E-state index is -0.377. The van der Waals surface area contributed by atoms with Gasteiger partial charge in [0.25, 0.3) is 0 Å². The summed E-state index contributed by atoms with van der Waals surface area (Å²) in [5.41, 5.74) is 0.711. The molecule has 152 valence electrons. The van der Waals surface area contributed by atoms with Crippen LogP contribution >= 0.6 is 0 Å². The zero-order valence-corrected chi connectivity index (χ0v) is 16.9. The third-order valence-electron chi connectivity index (χ3n) is 6.60. The van der Waals surface area contributed by atoms with E-state index in [1.807, 2.05) is 34.1 Å². The Hall–Kier alpha value is -2.08. The van der Waals surface area contributed by atoms with Crippen molar-refractivity contribution in [2.45, 2.75) is 38.6 Å². The molecule has 1 atom stereocenters. The number of rotatable bonds is 5. The zero-order chi connectivity index (χ0) is 19.6. The van der Waals surface area contributed by atoms with Gasteiger partial charge >= 0.3 is 0 Å². The summed E-state index contributed by atoms with van der Waals surface area (Å²) in [5, 5.41) is 0. The van der Waals surface area contributed by atoms with Crippen molar-refractivity contribution in [1.29, 1.82) is 0 Å². The Morgan fingerprint density at radius 1 is 1.11 bits per heavy atom. The van der Waals surface area contributed by atoms with Gasteiger partial charge in [-0.05, 0) is 62.9 Å². The molecule has 1 spiro atoms. The fraction of sp³-hybridized carbons (Fsp3) is 0.636. The average Bonchev–Trinajstić information content (AvgIpc) is 3.36. The normalized spacial score (nSPS) is 25.7. The third kappa shape index (κ3) is 3.88. The van der Waals surface area contributed by atoms with Gasteiger partial charge in [-0.15, -0.1) is 0 Å². The molecule has 28 heavy (non-hydrogen) atoms. The molecule has 3 fully saturated rings. The van der Waals surface area contributed by atoms with Crippen LogP contribution in [0, 0.1) is 5.41 Å². The summed E-state index contributed by atoms with van der Waals surface area (Å²) in [6, 6.07) is 7.92. The summed E-state index contributed by atoms with van der Waals surface area (Å²) in [4.78, 5) is 32.2.